The number of carbonyl (C=O) groups excluding carboxylic acids is 1. The molecule has 0 aliphatic heterocycles. The van der Waals surface area contributed by atoms with Crippen molar-refractivity contribution in [1.29, 1.82) is 0 Å². The molecule has 0 unspecified atom stereocenters. The lowest BCUT2D eigenvalue weighted by atomic mass is 10.2. The zero-order valence-corrected chi connectivity index (χ0v) is 14.7. The molecule has 2 aromatic carbocycles. The van der Waals surface area contributed by atoms with E-state index < -0.39 is 5.82 Å². The quantitative estimate of drug-likeness (QED) is 0.712. The van der Waals surface area contributed by atoms with Gasteiger partial charge in [0, 0.05) is 11.3 Å². The van der Waals surface area contributed by atoms with Crippen LogP contribution in [0.15, 0.2) is 42.5 Å². The third-order valence-electron chi connectivity index (χ3n) is 3.40. The molecular formula is C17H13ClFN3O2S. The standard InChI is InChI=1S/C17H13ClFN3O2S/c1-10-16(22-25-21-10)9-24-13-4-2-3-11(7-13)17(23)20-12-5-6-15(19)14(18)8-12/h2-8H,9H2,1H3,(H,20,23). The Morgan fingerprint density at radius 2 is 2.12 bits per heavy atom. The number of nitrogens with zero attached hydrogens (tertiary/aromatic N) is 2. The third-order valence-corrected chi connectivity index (χ3v) is 4.34. The molecule has 1 N–H and O–H groups in total. The number of hydrogen-bond donors (Lipinski definition) is 1. The molecule has 0 radical (unpaired) electrons. The molecule has 0 bridgehead atoms. The van der Waals surface area contributed by atoms with E-state index in [1.54, 1.807) is 24.3 Å². The maximum atomic E-state index is 13.2. The van der Waals surface area contributed by atoms with Crippen LogP contribution in [0.5, 0.6) is 5.75 Å². The average Bonchev–Trinajstić information content (AvgIpc) is 3.01. The van der Waals surface area contributed by atoms with Gasteiger partial charge in [0.2, 0.25) is 0 Å². The molecule has 0 aliphatic rings. The Morgan fingerprint density at radius 3 is 2.84 bits per heavy atom. The van der Waals surface area contributed by atoms with Crippen molar-refractivity contribution in [2.45, 2.75) is 13.5 Å². The first kappa shape index (κ1) is 17.3. The van der Waals surface area contributed by atoms with Gasteiger partial charge in [0.25, 0.3) is 5.91 Å². The minimum atomic E-state index is -0.540. The van der Waals surface area contributed by atoms with Gasteiger partial charge in [-0.3, -0.25) is 4.79 Å². The van der Waals surface area contributed by atoms with Crippen LogP contribution in [-0.2, 0) is 6.61 Å². The first-order valence-electron chi connectivity index (χ1n) is 7.30. The van der Waals surface area contributed by atoms with Crippen LogP contribution < -0.4 is 10.1 Å². The smallest absolute Gasteiger partial charge is 0.255 e. The van der Waals surface area contributed by atoms with Crippen molar-refractivity contribution in [1.82, 2.24) is 8.75 Å². The number of aryl methyl sites for hydroxylation is 1. The molecule has 0 spiro atoms. The molecule has 1 aromatic heterocycles. The van der Waals surface area contributed by atoms with E-state index in [0.717, 1.165) is 23.1 Å². The molecule has 128 valence electrons. The zero-order valence-electron chi connectivity index (χ0n) is 13.1. The Hall–Kier alpha value is -2.51. The topological polar surface area (TPSA) is 64.1 Å². The van der Waals surface area contributed by atoms with Gasteiger partial charge in [0.05, 0.1) is 22.4 Å². The number of ether oxygens (including phenoxy) is 1. The molecule has 8 heteroatoms. The summed E-state index contributed by atoms with van der Waals surface area (Å²) in [6.45, 7) is 2.14. The molecule has 1 heterocycles. The van der Waals surface area contributed by atoms with Gasteiger partial charge in [0.1, 0.15) is 23.9 Å². The van der Waals surface area contributed by atoms with Gasteiger partial charge in [-0.05, 0) is 43.3 Å². The SMILES string of the molecule is Cc1nsnc1COc1cccc(C(=O)Nc2ccc(F)c(Cl)c2)c1. The van der Waals surface area contributed by atoms with Crippen molar-refractivity contribution >= 4 is 34.9 Å². The minimum absolute atomic E-state index is 0.0536. The summed E-state index contributed by atoms with van der Waals surface area (Å²) in [5, 5.41) is 2.61. The molecule has 3 rings (SSSR count). The van der Waals surface area contributed by atoms with Crippen LogP contribution in [0.4, 0.5) is 10.1 Å². The van der Waals surface area contributed by atoms with Crippen LogP contribution in [0, 0.1) is 12.7 Å². The number of amides is 1. The van der Waals surface area contributed by atoms with Crippen molar-refractivity contribution in [3.63, 3.8) is 0 Å². The van der Waals surface area contributed by atoms with E-state index >= 15 is 0 Å². The summed E-state index contributed by atoms with van der Waals surface area (Å²) in [6, 6.07) is 10.7. The second-order valence-corrected chi connectivity index (χ2v) is 6.13. The fourth-order valence-corrected chi connectivity index (χ4v) is 2.77. The van der Waals surface area contributed by atoms with Crippen LogP contribution in [0.3, 0.4) is 0 Å². The third kappa shape index (κ3) is 4.32. The summed E-state index contributed by atoms with van der Waals surface area (Å²) in [4.78, 5) is 12.3. The van der Waals surface area contributed by atoms with E-state index in [0.29, 0.717) is 17.0 Å². The van der Waals surface area contributed by atoms with Crippen molar-refractivity contribution in [3.05, 3.63) is 70.3 Å². The number of aromatic nitrogens is 2. The molecule has 0 saturated carbocycles. The zero-order chi connectivity index (χ0) is 17.8. The first-order valence-corrected chi connectivity index (χ1v) is 8.41. The molecule has 0 atom stereocenters. The van der Waals surface area contributed by atoms with Gasteiger partial charge in [-0.2, -0.15) is 8.75 Å². The predicted molar refractivity (Wildman–Crippen MR) is 94.8 cm³/mol. The fourth-order valence-electron chi connectivity index (χ4n) is 2.04. The molecule has 25 heavy (non-hydrogen) atoms. The summed E-state index contributed by atoms with van der Waals surface area (Å²) in [7, 11) is 0. The highest BCUT2D eigenvalue weighted by molar-refractivity contribution is 6.99. The van der Waals surface area contributed by atoms with Crippen molar-refractivity contribution in [2.75, 3.05) is 5.32 Å². The fraction of sp³-hybridized carbons (Fsp3) is 0.118. The highest BCUT2D eigenvalue weighted by Crippen LogP contribution is 2.21. The van der Waals surface area contributed by atoms with Gasteiger partial charge < -0.3 is 10.1 Å². The van der Waals surface area contributed by atoms with Crippen LogP contribution in [0.25, 0.3) is 0 Å². The Balaban J connectivity index is 1.68. The summed E-state index contributed by atoms with van der Waals surface area (Å²) in [6.07, 6.45) is 0. The molecule has 0 saturated heterocycles. The van der Waals surface area contributed by atoms with E-state index in [9.17, 15) is 9.18 Å². The molecule has 5 nitrogen and oxygen atoms in total. The van der Waals surface area contributed by atoms with Crippen LogP contribution in [-0.4, -0.2) is 14.7 Å². The van der Waals surface area contributed by atoms with E-state index in [-0.39, 0.29) is 17.5 Å². The Kier molecular flexibility index (Phi) is 5.25. The number of halogens is 2. The Bertz CT molecular complexity index is 916. The highest BCUT2D eigenvalue weighted by atomic mass is 35.5. The van der Waals surface area contributed by atoms with Crippen LogP contribution >= 0.6 is 23.3 Å². The van der Waals surface area contributed by atoms with Gasteiger partial charge in [-0.25, -0.2) is 4.39 Å². The minimum Gasteiger partial charge on any atom is -0.487 e. The lowest BCUT2D eigenvalue weighted by molar-refractivity contribution is 0.102. The van der Waals surface area contributed by atoms with E-state index in [1.807, 2.05) is 6.92 Å². The second-order valence-electron chi connectivity index (χ2n) is 5.20. The van der Waals surface area contributed by atoms with Crippen LogP contribution in [0.1, 0.15) is 21.7 Å². The van der Waals surface area contributed by atoms with E-state index in [1.165, 1.54) is 18.2 Å². The normalized spacial score (nSPS) is 10.5. The lowest BCUT2D eigenvalue weighted by Gasteiger charge is -2.09. The number of rotatable bonds is 5. The molecule has 0 fully saturated rings. The van der Waals surface area contributed by atoms with E-state index in [2.05, 4.69) is 14.1 Å². The van der Waals surface area contributed by atoms with E-state index in [4.69, 9.17) is 16.3 Å². The first-order chi connectivity index (χ1) is 12.0. The largest absolute Gasteiger partial charge is 0.487 e. The van der Waals surface area contributed by atoms with Gasteiger partial charge >= 0.3 is 0 Å². The highest BCUT2D eigenvalue weighted by Gasteiger charge is 2.10. The average molecular weight is 378 g/mol. The van der Waals surface area contributed by atoms with Crippen LogP contribution in [0.2, 0.25) is 5.02 Å². The van der Waals surface area contributed by atoms with Crippen molar-refractivity contribution in [2.24, 2.45) is 0 Å². The summed E-state index contributed by atoms with van der Waals surface area (Å²) < 4.78 is 27.1. The molecule has 1 amide bonds. The Morgan fingerprint density at radius 1 is 1.28 bits per heavy atom. The lowest BCUT2D eigenvalue weighted by Crippen LogP contribution is -2.12. The summed E-state index contributed by atoms with van der Waals surface area (Å²) in [5.41, 5.74) is 2.41. The predicted octanol–water partition coefficient (Wildman–Crippen LogP) is 4.47. The number of anilines is 1. The van der Waals surface area contributed by atoms with Crippen molar-refractivity contribution in [3.8, 4) is 5.75 Å². The number of carbonyl (C=O) groups is 1. The second kappa shape index (κ2) is 7.58. The molecule has 3 aromatic rings. The number of benzene rings is 2. The number of nitrogens with one attached hydrogen (secondary N) is 1. The number of hydrogen-bond acceptors (Lipinski definition) is 5. The van der Waals surface area contributed by atoms with Gasteiger partial charge in [-0.1, -0.05) is 17.7 Å². The Labute approximate surface area is 152 Å². The monoisotopic (exact) mass is 377 g/mol. The maximum absolute atomic E-state index is 13.2. The summed E-state index contributed by atoms with van der Waals surface area (Å²) in [5.74, 6) is -0.348. The van der Waals surface area contributed by atoms with Crippen molar-refractivity contribution < 1.29 is 13.9 Å². The maximum Gasteiger partial charge on any atom is 0.255 e. The van der Waals surface area contributed by atoms with Gasteiger partial charge in [0.15, 0.2) is 0 Å². The summed E-state index contributed by atoms with van der Waals surface area (Å²) >= 11 is 6.85. The van der Waals surface area contributed by atoms with Gasteiger partial charge in [-0.15, -0.1) is 0 Å². The molecule has 0 aliphatic carbocycles. The molecular weight excluding hydrogens is 365 g/mol.